The molecule has 0 bridgehead atoms. The van der Waals surface area contributed by atoms with Crippen molar-refractivity contribution in [1.82, 2.24) is 4.90 Å². The van der Waals surface area contributed by atoms with Crippen LogP contribution in [0.2, 0.25) is 0 Å². The number of fused-ring (bicyclic) bond motifs is 1. The van der Waals surface area contributed by atoms with Crippen molar-refractivity contribution < 1.29 is 19.4 Å². The average molecular weight is 345 g/mol. The standard InChI is InChI=1S/C18H19NO4S/c1-4-10-18(22)15(21)19-13(17(2,3)24-16(18)19)14(20)23-11-12-8-6-5-7-9-12/h1,5-9,13,16,22H,10-11H2,2-3H3/t13-,16+,18+/m0/s1. The zero-order valence-electron chi connectivity index (χ0n) is 13.6. The third-order valence-electron chi connectivity index (χ3n) is 4.44. The Morgan fingerprint density at radius 1 is 1.42 bits per heavy atom. The van der Waals surface area contributed by atoms with Gasteiger partial charge in [0.25, 0.3) is 5.91 Å². The molecule has 2 heterocycles. The van der Waals surface area contributed by atoms with Crippen LogP contribution in [-0.4, -0.2) is 43.6 Å². The van der Waals surface area contributed by atoms with Crippen molar-refractivity contribution in [1.29, 1.82) is 0 Å². The minimum absolute atomic E-state index is 0.0537. The number of hydrogen-bond donors (Lipinski definition) is 1. The lowest BCUT2D eigenvalue weighted by molar-refractivity contribution is -0.188. The first-order valence-corrected chi connectivity index (χ1v) is 8.56. The van der Waals surface area contributed by atoms with Gasteiger partial charge in [-0.3, -0.25) is 4.79 Å². The lowest BCUT2D eigenvalue weighted by atomic mass is 9.85. The van der Waals surface area contributed by atoms with Gasteiger partial charge < -0.3 is 14.7 Å². The summed E-state index contributed by atoms with van der Waals surface area (Å²) < 4.78 is 4.85. The Labute approximate surface area is 145 Å². The number of β-lactam (4-membered cyclic amide) rings is 1. The molecule has 2 aliphatic rings. The third-order valence-corrected chi connectivity index (χ3v) is 6.11. The maximum absolute atomic E-state index is 12.6. The van der Waals surface area contributed by atoms with E-state index in [0.29, 0.717) is 0 Å². The van der Waals surface area contributed by atoms with Gasteiger partial charge in [-0.05, 0) is 19.4 Å². The van der Waals surface area contributed by atoms with E-state index in [1.165, 1.54) is 16.7 Å². The number of thioether (sulfide) groups is 1. The molecule has 2 saturated heterocycles. The van der Waals surface area contributed by atoms with Crippen LogP contribution in [0.1, 0.15) is 25.8 Å². The quantitative estimate of drug-likeness (QED) is 0.509. The zero-order valence-corrected chi connectivity index (χ0v) is 14.4. The number of carbonyl (C=O) groups is 2. The topological polar surface area (TPSA) is 66.8 Å². The number of benzene rings is 1. The first kappa shape index (κ1) is 16.9. The van der Waals surface area contributed by atoms with Crippen molar-refractivity contribution in [2.75, 3.05) is 0 Å². The number of amides is 1. The lowest BCUT2D eigenvalue weighted by Crippen LogP contribution is -2.73. The number of rotatable bonds is 4. The van der Waals surface area contributed by atoms with Crippen molar-refractivity contribution >= 4 is 23.6 Å². The zero-order chi connectivity index (χ0) is 17.5. The molecule has 0 radical (unpaired) electrons. The molecule has 1 aromatic carbocycles. The largest absolute Gasteiger partial charge is 0.459 e. The second kappa shape index (κ2) is 5.83. The van der Waals surface area contributed by atoms with Gasteiger partial charge in [-0.2, -0.15) is 0 Å². The Morgan fingerprint density at radius 2 is 2.08 bits per heavy atom. The van der Waals surface area contributed by atoms with E-state index in [2.05, 4.69) is 5.92 Å². The van der Waals surface area contributed by atoms with E-state index in [1.807, 2.05) is 44.2 Å². The van der Waals surface area contributed by atoms with Gasteiger partial charge in [0.15, 0.2) is 5.60 Å². The fraction of sp³-hybridized carbons (Fsp3) is 0.444. The number of terminal acetylenes is 1. The Bertz CT molecular complexity index is 711. The highest BCUT2D eigenvalue weighted by atomic mass is 32.2. The Morgan fingerprint density at radius 3 is 2.71 bits per heavy atom. The molecule has 0 saturated carbocycles. The summed E-state index contributed by atoms with van der Waals surface area (Å²) in [5.74, 6) is 1.39. The number of carbonyl (C=O) groups excluding carboxylic acids is 2. The summed E-state index contributed by atoms with van der Waals surface area (Å²) in [5.41, 5.74) is -0.699. The van der Waals surface area contributed by atoms with Crippen molar-refractivity contribution in [2.24, 2.45) is 0 Å². The maximum Gasteiger partial charge on any atom is 0.330 e. The molecule has 2 fully saturated rings. The molecule has 0 spiro atoms. The normalized spacial score (nSPS) is 30.2. The minimum Gasteiger partial charge on any atom is -0.459 e. The second-order valence-corrected chi connectivity index (χ2v) is 8.32. The van der Waals surface area contributed by atoms with E-state index in [1.54, 1.807) is 0 Å². The van der Waals surface area contributed by atoms with Crippen LogP contribution in [0.5, 0.6) is 0 Å². The smallest absolute Gasteiger partial charge is 0.330 e. The van der Waals surface area contributed by atoms with Gasteiger partial charge in [0.2, 0.25) is 0 Å². The SMILES string of the molecule is C#CC[C@@]1(O)C(=O)N2[C@@H](C(=O)OCc3ccccc3)C(C)(C)S[C@@H]21. The molecular weight excluding hydrogens is 326 g/mol. The van der Waals surface area contributed by atoms with E-state index >= 15 is 0 Å². The number of hydrogen-bond acceptors (Lipinski definition) is 5. The number of nitrogens with zero attached hydrogens (tertiary/aromatic N) is 1. The van der Waals surface area contributed by atoms with Gasteiger partial charge in [0.05, 0.1) is 0 Å². The molecule has 3 rings (SSSR count). The van der Waals surface area contributed by atoms with Crippen molar-refractivity contribution in [3.63, 3.8) is 0 Å². The van der Waals surface area contributed by atoms with Gasteiger partial charge in [0, 0.05) is 11.2 Å². The molecule has 126 valence electrons. The van der Waals surface area contributed by atoms with Crippen LogP contribution < -0.4 is 0 Å². The molecule has 0 aliphatic carbocycles. The molecular formula is C18H19NO4S. The van der Waals surface area contributed by atoms with Crippen LogP contribution in [0.4, 0.5) is 0 Å². The van der Waals surface area contributed by atoms with Crippen molar-refractivity contribution in [3.05, 3.63) is 35.9 Å². The number of aliphatic hydroxyl groups is 1. The highest BCUT2D eigenvalue weighted by Crippen LogP contribution is 2.55. The van der Waals surface area contributed by atoms with E-state index in [-0.39, 0.29) is 13.0 Å². The average Bonchev–Trinajstić information content (AvgIpc) is 2.83. The van der Waals surface area contributed by atoms with E-state index in [9.17, 15) is 14.7 Å². The van der Waals surface area contributed by atoms with Crippen LogP contribution in [0.25, 0.3) is 0 Å². The Kier molecular flexibility index (Phi) is 4.10. The first-order valence-electron chi connectivity index (χ1n) is 7.68. The highest BCUT2D eigenvalue weighted by molar-refractivity contribution is 8.01. The summed E-state index contributed by atoms with van der Waals surface area (Å²) in [6, 6.07) is 8.62. The highest BCUT2D eigenvalue weighted by Gasteiger charge is 2.71. The lowest BCUT2D eigenvalue weighted by Gasteiger charge is -2.49. The van der Waals surface area contributed by atoms with Gasteiger partial charge in [-0.15, -0.1) is 24.1 Å². The molecule has 1 amide bonds. The predicted octanol–water partition coefficient (Wildman–Crippen LogP) is 1.55. The van der Waals surface area contributed by atoms with Crippen LogP contribution in [0, 0.1) is 12.3 Å². The number of ether oxygens (including phenoxy) is 1. The summed E-state index contributed by atoms with van der Waals surface area (Å²) in [5, 5.41) is 9.97. The fourth-order valence-electron chi connectivity index (χ4n) is 3.22. The van der Waals surface area contributed by atoms with Crippen LogP contribution in [0.3, 0.4) is 0 Å². The Balaban J connectivity index is 1.75. The molecule has 6 heteroatoms. The van der Waals surface area contributed by atoms with Crippen LogP contribution >= 0.6 is 11.8 Å². The summed E-state index contributed by atoms with van der Waals surface area (Å²) in [6.07, 6.45) is 5.21. The van der Waals surface area contributed by atoms with E-state index < -0.39 is 33.6 Å². The van der Waals surface area contributed by atoms with E-state index in [4.69, 9.17) is 11.2 Å². The van der Waals surface area contributed by atoms with E-state index in [0.717, 1.165) is 5.56 Å². The number of esters is 1. The van der Waals surface area contributed by atoms with Crippen LogP contribution in [-0.2, 0) is 20.9 Å². The second-order valence-electron chi connectivity index (χ2n) is 6.59. The maximum atomic E-state index is 12.6. The third kappa shape index (κ3) is 2.48. The molecule has 0 unspecified atom stereocenters. The summed E-state index contributed by atoms with van der Waals surface area (Å²) in [6.45, 7) is 3.89. The molecule has 3 atom stereocenters. The van der Waals surface area contributed by atoms with Gasteiger partial charge >= 0.3 is 5.97 Å². The molecule has 24 heavy (non-hydrogen) atoms. The monoisotopic (exact) mass is 345 g/mol. The minimum atomic E-state index is -1.58. The van der Waals surface area contributed by atoms with Crippen molar-refractivity contribution in [3.8, 4) is 12.3 Å². The summed E-state index contributed by atoms with van der Waals surface area (Å²) in [4.78, 5) is 26.4. The summed E-state index contributed by atoms with van der Waals surface area (Å²) >= 11 is 1.39. The predicted molar refractivity (Wildman–Crippen MR) is 90.7 cm³/mol. The Hall–Kier alpha value is -1.97. The van der Waals surface area contributed by atoms with Gasteiger partial charge in [-0.1, -0.05) is 30.3 Å². The molecule has 5 nitrogen and oxygen atoms in total. The van der Waals surface area contributed by atoms with Crippen molar-refractivity contribution in [2.45, 2.75) is 48.6 Å². The summed E-state index contributed by atoms with van der Waals surface area (Å²) in [7, 11) is 0. The van der Waals surface area contributed by atoms with Crippen LogP contribution in [0.15, 0.2) is 30.3 Å². The fourth-order valence-corrected chi connectivity index (χ4v) is 4.84. The first-order chi connectivity index (χ1) is 11.3. The molecule has 1 aromatic rings. The van der Waals surface area contributed by atoms with Gasteiger partial charge in [0.1, 0.15) is 18.0 Å². The molecule has 1 N–H and O–H groups in total. The molecule has 0 aromatic heterocycles. The van der Waals surface area contributed by atoms with Gasteiger partial charge in [-0.25, -0.2) is 4.79 Å². The molecule has 2 aliphatic heterocycles.